The normalized spacial score (nSPS) is 19.4. The predicted octanol–water partition coefficient (Wildman–Crippen LogP) is 0.902. The van der Waals surface area contributed by atoms with Gasteiger partial charge in [-0.3, -0.25) is 4.79 Å². The molecule has 1 aliphatic rings. The van der Waals surface area contributed by atoms with Crippen LogP contribution in [0.25, 0.3) is 0 Å². The standard InChI is InChI=1S/C12H11F2N3O/c13-10-3-1-2-9(11(10)14)12(18)17-5-4-16-7-8(17)6-15/h1-3,8,16H,4-5,7H2. The minimum atomic E-state index is -1.17. The average molecular weight is 251 g/mol. The zero-order valence-corrected chi connectivity index (χ0v) is 9.49. The number of halogens is 2. The molecule has 6 heteroatoms. The number of piperazine rings is 1. The first-order valence-electron chi connectivity index (χ1n) is 5.50. The van der Waals surface area contributed by atoms with Crippen molar-refractivity contribution in [2.45, 2.75) is 6.04 Å². The number of amides is 1. The van der Waals surface area contributed by atoms with Crippen molar-refractivity contribution in [3.8, 4) is 6.07 Å². The molecule has 1 heterocycles. The first-order valence-corrected chi connectivity index (χ1v) is 5.50. The van der Waals surface area contributed by atoms with E-state index in [0.717, 1.165) is 6.07 Å². The van der Waals surface area contributed by atoms with Crippen LogP contribution in [-0.4, -0.2) is 36.5 Å². The van der Waals surface area contributed by atoms with Crippen molar-refractivity contribution in [1.29, 1.82) is 5.26 Å². The summed E-state index contributed by atoms with van der Waals surface area (Å²) in [6.07, 6.45) is 0. The van der Waals surface area contributed by atoms with Gasteiger partial charge in [0.05, 0.1) is 11.6 Å². The number of nitrogens with one attached hydrogen (secondary N) is 1. The Kier molecular flexibility index (Phi) is 3.53. The van der Waals surface area contributed by atoms with Crippen LogP contribution in [0.2, 0.25) is 0 Å². The number of rotatable bonds is 1. The molecule has 0 spiro atoms. The van der Waals surface area contributed by atoms with Crippen LogP contribution in [0.3, 0.4) is 0 Å². The first-order chi connectivity index (χ1) is 8.65. The largest absolute Gasteiger partial charge is 0.320 e. The summed E-state index contributed by atoms with van der Waals surface area (Å²) in [5, 5.41) is 11.9. The van der Waals surface area contributed by atoms with E-state index in [-0.39, 0.29) is 5.56 Å². The Morgan fingerprint density at radius 1 is 1.50 bits per heavy atom. The van der Waals surface area contributed by atoms with Crippen LogP contribution < -0.4 is 5.32 Å². The fraction of sp³-hybridized carbons (Fsp3) is 0.333. The zero-order chi connectivity index (χ0) is 13.1. The highest BCUT2D eigenvalue weighted by Gasteiger charge is 2.29. The lowest BCUT2D eigenvalue weighted by atomic mass is 10.1. The van der Waals surface area contributed by atoms with Crippen LogP contribution >= 0.6 is 0 Å². The van der Waals surface area contributed by atoms with E-state index >= 15 is 0 Å². The van der Waals surface area contributed by atoms with E-state index in [9.17, 15) is 13.6 Å². The molecular weight excluding hydrogens is 240 g/mol. The van der Waals surface area contributed by atoms with Gasteiger partial charge in [0.25, 0.3) is 5.91 Å². The summed E-state index contributed by atoms with van der Waals surface area (Å²) < 4.78 is 26.6. The van der Waals surface area contributed by atoms with Crippen molar-refractivity contribution in [3.05, 3.63) is 35.4 Å². The summed E-state index contributed by atoms with van der Waals surface area (Å²) in [6.45, 7) is 1.16. The van der Waals surface area contributed by atoms with Crippen LogP contribution in [0.1, 0.15) is 10.4 Å². The van der Waals surface area contributed by atoms with Crippen LogP contribution in [0.4, 0.5) is 8.78 Å². The van der Waals surface area contributed by atoms with E-state index in [4.69, 9.17) is 5.26 Å². The van der Waals surface area contributed by atoms with Crippen molar-refractivity contribution >= 4 is 5.91 Å². The summed E-state index contributed by atoms with van der Waals surface area (Å²) >= 11 is 0. The van der Waals surface area contributed by atoms with Gasteiger partial charge in [0, 0.05) is 19.6 Å². The number of benzene rings is 1. The number of nitrogens with zero attached hydrogens (tertiary/aromatic N) is 2. The molecule has 1 aliphatic heterocycles. The summed E-state index contributed by atoms with van der Waals surface area (Å²) in [5.41, 5.74) is -0.336. The van der Waals surface area contributed by atoms with Crippen LogP contribution in [0, 0.1) is 23.0 Å². The van der Waals surface area contributed by atoms with Gasteiger partial charge in [-0.15, -0.1) is 0 Å². The van der Waals surface area contributed by atoms with E-state index in [1.807, 2.05) is 6.07 Å². The summed E-state index contributed by atoms with van der Waals surface area (Å²) in [5.74, 6) is -2.89. The second-order valence-electron chi connectivity index (χ2n) is 3.95. The van der Waals surface area contributed by atoms with Crippen molar-refractivity contribution in [3.63, 3.8) is 0 Å². The molecule has 2 rings (SSSR count). The molecule has 0 radical (unpaired) electrons. The number of hydrogen-bond acceptors (Lipinski definition) is 3. The summed E-state index contributed by atoms with van der Waals surface area (Å²) in [4.78, 5) is 13.3. The molecule has 0 saturated carbocycles. The van der Waals surface area contributed by atoms with Gasteiger partial charge in [-0.05, 0) is 12.1 Å². The second kappa shape index (κ2) is 5.10. The molecule has 0 aromatic heterocycles. The number of carbonyl (C=O) groups is 1. The maximum absolute atomic E-state index is 13.5. The Balaban J connectivity index is 2.30. The fourth-order valence-electron chi connectivity index (χ4n) is 1.89. The molecule has 1 atom stereocenters. The summed E-state index contributed by atoms with van der Waals surface area (Å²) in [7, 11) is 0. The fourth-order valence-corrected chi connectivity index (χ4v) is 1.89. The number of hydrogen-bond donors (Lipinski definition) is 1. The maximum Gasteiger partial charge on any atom is 0.258 e. The first kappa shape index (κ1) is 12.5. The van der Waals surface area contributed by atoms with Gasteiger partial charge in [0.15, 0.2) is 11.6 Å². The highest BCUT2D eigenvalue weighted by molar-refractivity contribution is 5.95. The molecule has 1 fully saturated rings. The zero-order valence-electron chi connectivity index (χ0n) is 9.49. The third-order valence-corrected chi connectivity index (χ3v) is 2.84. The third kappa shape index (κ3) is 2.17. The molecule has 1 N–H and O–H groups in total. The van der Waals surface area contributed by atoms with Crippen LogP contribution in [-0.2, 0) is 0 Å². The van der Waals surface area contributed by atoms with Gasteiger partial charge < -0.3 is 10.2 Å². The molecule has 1 unspecified atom stereocenters. The van der Waals surface area contributed by atoms with Gasteiger partial charge in [-0.25, -0.2) is 8.78 Å². The molecule has 1 saturated heterocycles. The Morgan fingerprint density at radius 2 is 2.28 bits per heavy atom. The maximum atomic E-state index is 13.5. The quantitative estimate of drug-likeness (QED) is 0.807. The van der Waals surface area contributed by atoms with Gasteiger partial charge in [-0.1, -0.05) is 6.07 Å². The van der Waals surface area contributed by atoms with Crippen molar-refractivity contribution in [2.24, 2.45) is 0 Å². The van der Waals surface area contributed by atoms with Gasteiger partial charge >= 0.3 is 0 Å². The molecule has 1 aromatic carbocycles. The van der Waals surface area contributed by atoms with Gasteiger partial charge in [0.2, 0.25) is 0 Å². The lowest BCUT2D eigenvalue weighted by Gasteiger charge is -2.32. The molecule has 1 aromatic rings. The van der Waals surface area contributed by atoms with Crippen LogP contribution in [0.15, 0.2) is 18.2 Å². The minimum absolute atomic E-state index is 0.299. The monoisotopic (exact) mass is 251 g/mol. The summed E-state index contributed by atoms with van der Waals surface area (Å²) in [6, 6.07) is 4.75. The molecular formula is C12H11F2N3O. The van der Waals surface area contributed by atoms with E-state index in [1.54, 1.807) is 0 Å². The third-order valence-electron chi connectivity index (χ3n) is 2.84. The number of nitriles is 1. The highest BCUT2D eigenvalue weighted by Crippen LogP contribution is 2.16. The minimum Gasteiger partial charge on any atom is -0.320 e. The highest BCUT2D eigenvalue weighted by atomic mass is 19.2. The molecule has 94 valence electrons. The molecule has 0 bridgehead atoms. The van der Waals surface area contributed by atoms with Gasteiger partial charge in [0.1, 0.15) is 6.04 Å². The van der Waals surface area contributed by atoms with Crippen molar-refractivity contribution < 1.29 is 13.6 Å². The predicted molar refractivity (Wildman–Crippen MR) is 59.7 cm³/mol. The van der Waals surface area contributed by atoms with E-state index in [1.165, 1.54) is 17.0 Å². The van der Waals surface area contributed by atoms with Crippen molar-refractivity contribution in [1.82, 2.24) is 10.2 Å². The smallest absolute Gasteiger partial charge is 0.258 e. The molecule has 0 aliphatic carbocycles. The van der Waals surface area contributed by atoms with Crippen LogP contribution in [0.5, 0.6) is 0 Å². The Bertz CT molecular complexity index is 513. The molecule has 18 heavy (non-hydrogen) atoms. The van der Waals surface area contributed by atoms with E-state index < -0.39 is 23.6 Å². The van der Waals surface area contributed by atoms with E-state index in [0.29, 0.717) is 19.6 Å². The Labute approximate surface area is 103 Å². The van der Waals surface area contributed by atoms with E-state index in [2.05, 4.69) is 5.32 Å². The second-order valence-corrected chi connectivity index (χ2v) is 3.95. The van der Waals surface area contributed by atoms with Gasteiger partial charge in [-0.2, -0.15) is 5.26 Å². The topological polar surface area (TPSA) is 56.1 Å². The molecule has 1 amide bonds. The lowest BCUT2D eigenvalue weighted by Crippen LogP contribution is -2.53. The van der Waals surface area contributed by atoms with Crippen molar-refractivity contribution in [2.75, 3.05) is 19.6 Å². The number of carbonyl (C=O) groups excluding carboxylic acids is 1. The molecule has 4 nitrogen and oxygen atoms in total. The average Bonchev–Trinajstić information content (AvgIpc) is 2.41. The Morgan fingerprint density at radius 3 is 3.00 bits per heavy atom. The lowest BCUT2D eigenvalue weighted by molar-refractivity contribution is 0.0681. The SMILES string of the molecule is N#CC1CNCCN1C(=O)c1cccc(F)c1F. The Hall–Kier alpha value is -2.00.